The van der Waals surface area contributed by atoms with Gasteiger partial charge < -0.3 is 20.6 Å². The number of anilines is 1. The lowest BCUT2D eigenvalue weighted by atomic mass is 9.91. The van der Waals surface area contributed by atoms with Crippen molar-refractivity contribution in [1.29, 1.82) is 0 Å². The van der Waals surface area contributed by atoms with Crippen LogP contribution in [0.25, 0.3) is 0 Å². The second-order valence-corrected chi connectivity index (χ2v) is 7.05. The third-order valence-electron chi connectivity index (χ3n) is 4.94. The van der Waals surface area contributed by atoms with Crippen molar-refractivity contribution in [2.24, 2.45) is 5.92 Å². The first-order chi connectivity index (χ1) is 12.4. The molecule has 2 amide bonds. The van der Waals surface area contributed by atoms with Crippen LogP contribution in [0.1, 0.15) is 30.8 Å². The Morgan fingerprint density at radius 2 is 2.00 bits per heavy atom. The molecule has 3 atom stereocenters. The van der Waals surface area contributed by atoms with E-state index < -0.39 is 17.7 Å². The molecular weight excluding hydrogens is 365 g/mol. The van der Waals surface area contributed by atoms with Gasteiger partial charge in [0.25, 0.3) is 11.8 Å². The number of hydrogen-bond donors (Lipinski definition) is 2. The number of halogens is 3. The van der Waals surface area contributed by atoms with E-state index in [-0.39, 0.29) is 43.1 Å². The van der Waals surface area contributed by atoms with Gasteiger partial charge in [0.05, 0.1) is 11.9 Å². The van der Waals surface area contributed by atoms with Gasteiger partial charge in [-0.3, -0.25) is 9.59 Å². The van der Waals surface area contributed by atoms with Gasteiger partial charge in [0.15, 0.2) is 0 Å². The Labute approximate surface area is 154 Å². The molecule has 0 saturated carbocycles. The highest BCUT2D eigenvalue weighted by Crippen LogP contribution is 2.33. The maximum absolute atomic E-state index is 12.9. The predicted molar refractivity (Wildman–Crippen MR) is 91.6 cm³/mol. The number of piperidine rings is 1. The summed E-state index contributed by atoms with van der Waals surface area (Å²) in [5.74, 6) is -2.00. The van der Waals surface area contributed by atoms with E-state index in [0.717, 1.165) is 4.90 Å². The second-order valence-electron chi connectivity index (χ2n) is 7.05. The molecule has 1 aliphatic heterocycles. The molecule has 0 spiro atoms. The maximum atomic E-state index is 12.9. The monoisotopic (exact) mass is 388 g/mol. The van der Waals surface area contributed by atoms with Gasteiger partial charge in [0.2, 0.25) is 5.60 Å². The molecule has 1 fully saturated rings. The number of rotatable bonds is 3. The molecule has 1 aliphatic rings. The highest BCUT2D eigenvalue weighted by molar-refractivity contribution is 5.92. The van der Waals surface area contributed by atoms with Crippen LogP contribution in [-0.4, -0.2) is 69.7 Å². The molecule has 0 radical (unpaired) electrons. The number of aromatic nitrogens is 1. The molecule has 2 heterocycles. The van der Waals surface area contributed by atoms with Crippen LogP contribution in [0.3, 0.4) is 0 Å². The molecule has 1 unspecified atom stereocenters. The lowest BCUT2D eigenvalue weighted by Crippen LogP contribution is -2.60. The second kappa shape index (κ2) is 7.34. The topological polar surface area (TPSA) is 99.8 Å². The Morgan fingerprint density at radius 1 is 1.37 bits per heavy atom. The predicted octanol–water partition coefficient (Wildman–Crippen LogP) is 1.29. The molecule has 10 heteroatoms. The minimum absolute atomic E-state index is 0.00250. The number of nitrogens with two attached hydrogens (primary N) is 1. The van der Waals surface area contributed by atoms with Crippen molar-refractivity contribution in [3.63, 3.8) is 0 Å². The molecule has 7 nitrogen and oxygen atoms in total. The summed E-state index contributed by atoms with van der Waals surface area (Å²) in [7, 11) is 1.59. The number of nitrogen functional groups attached to an aromatic ring is 1. The fourth-order valence-electron chi connectivity index (χ4n) is 3.19. The van der Waals surface area contributed by atoms with Crippen LogP contribution in [0.15, 0.2) is 18.3 Å². The number of amides is 2. The molecule has 1 aromatic heterocycles. The van der Waals surface area contributed by atoms with Crippen LogP contribution in [0.2, 0.25) is 0 Å². The minimum Gasteiger partial charge on any atom is -0.397 e. The average molecular weight is 388 g/mol. The molecule has 1 aromatic rings. The van der Waals surface area contributed by atoms with Gasteiger partial charge in [0, 0.05) is 26.2 Å². The summed E-state index contributed by atoms with van der Waals surface area (Å²) in [6.45, 7) is 2.20. The largest absolute Gasteiger partial charge is 0.426 e. The fourth-order valence-corrected chi connectivity index (χ4v) is 3.19. The summed E-state index contributed by atoms with van der Waals surface area (Å²) in [5, 5.41) is 9.59. The van der Waals surface area contributed by atoms with E-state index >= 15 is 0 Å². The Morgan fingerprint density at radius 3 is 2.48 bits per heavy atom. The van der Waals surface area contributed by atoms with Crippen molar-refractivity contribution in [3.8, 4) is 0 Å². The summed E-state index contributed by atoms with van der Waals surface area (Å²) in [5.41, 5.74) is 2.74. The number of likely N-dealkylation sites (tertiary alicyclic amines) is 1. The molecule has 27 heavy (non-hydrogen) atoms. The molecule has 0 bridgehead atoms. The summed E-state index contributed by atoms with van der Waals surface area (Å²) < 4.78 is 38.7. The smallest absolute Gasteiger partial charge is 0.397 e. The first-order valence-corrected chi connectivity index (χ1v) is 8.43. The molecule has 2 rings (SSSR count). The molecule has 0 aliphatic carbocycles. The standard InChI is InChI=1S/C17H23F3N4O3/c1-10-9-24(15(26)16(2,27)17(18,19)20)7-6-13(10)23(3)14(25)12-5-4-11(21)8-22-12/h4-5,8,10,13,27H,6-7,9,21H2,1-3H3/t10-,13+,16?/m1/s1. The van der Waals surface area contributed by atoms with Crippen LogP contribution in [-0.2, 0) is 4.79 Å². The van der Waals surface area contributed by atoms with Gasteiger partial charge in [-0.15, -0.1) is 0 Å². The Kier molecular flexibility index (Phi) is 5.69. The van der Waals surface area contributed by atoms with Gasteiger partial charge in [-0.1, -0.05) is 6.92 Å². The highest BCUT2D eigenvalue weighted by atomic mass is 19.4. The lowest BCUT2D eigenvalue weighted by Gasteiger charge is -2.43. The van der Waals surface area contributed by atoms with Crippen LogP contribution in [0.5, 0.6) is 0 Å². The Balaban J connectivity index is 2.07. The van der Waals surface area contributed by atoms with E-state index in [0.29, 0.717) is 12.6 Å². The number of aliphatic hydroxyl groups is 1. The third-order valence-corrected chi connectivity index (χ3v) is 4.94. The zero-order valence-corrected chi connectivity index (χ0v) is 15.3. The molecular formula is C17H23F3N4O3. The summed E-state index contributed by atoms with van der Waals surface area (Å²) in [4.78, 5) is 31.1. The van der Waals surface area contributed by atoms with Crippen molar-refractivity contribution >= 4 is 17.5 Å². The van der Waals surface area contributed by atoms with Gasteiger partial charge >= 0.3 is 6.18 Å². The van der Waals surface area contributed by atoms with Crippen molar-refractivity contribution in [1.82, 2.24) is 14.8 Å². The molecule has 3 N–H and O–H groups in total. The normalized spacial score (nSPS) is 22.9. The van der Waals surface area contributed by atoms with Crippen LogP contribution < -0.4 is 5.73 Å². The van der Waals surface area contributed by atoms with Gasteiger partial charge in [-0.2, -0.15) is 13.2 Å². The van der Waals surface area contributed by atoms with Crippen molar-refractivity contribution in [3.05, 3.63) is 24.0 Å². The number of carbonyl (C=O) groups is 2. The van der Waals surface area contributed by atoms with Crippen molar-refractivity contribution in [2.75, 3.05) is 25.9 Å². The number of alkyl halides is 3. The number of hydrogen-bond acceptors (Lipinski definition) is 5. The van der Waals surface area contributed by atoms with Crippen LogP contribution >= 0.6 is 0 Å². The summed E-state index contributed by atoms with van der Waals surface area (Å²) >= 11 is 0. The minimum atomic E-state index is -5.06. The van der Waals surface area contributed by atoms with E-state index in [1.54, 1.807) is 20.0 Å². The van der Waals surface area contributed by atoms with Crippen LogP contribution in [0, 0.1) is 5.92 Å². The van der Waals surface area contributed by atoms with Crippen molar-refractivity contribution < 1.29 is 27.9 Å². The molecule has 1 saturated heterocycles. The molecule has 0 aromatic carbocycles. The fraction of sp³-hybridized carbons (Fsp3) is 0.588. The average Bonchev–Trinajstić information content (AvgIpc) is 2.59. The number of carbonyl (C=O) groups excluding carboxylic acids is 2. The summed E-state index contributed by atoms with van der Waals surface area (Å²) in [6, 6.07) is 2.77. The molecule has 150 valence electrons. The van der Waals surface area contributed by atoms with E-state index in [9.17, 15) is 27.9 Å². The Hall–Kier alpha value is -2.36. The van der Waals surface area contributed by atoms with Gasteiger partial charge in [0.1, 0.15) is 5.69 Å². The quantitative estimate of drug-likeness (QED) is 0.813. The highest BCUT2D eigenvalue weighted by Gasteiger charge is 2.57. The number of nitrogens with zero attached hydrogens (tertiary/aromatic N) is 3. The van der Waals surface area contributed by atoms with Gasteiger partial charge in [-0.25, -0.2) is 4.98 Å². The van der Waals surface area contributed by atoms with Crippen LogP contribution in [0.4, 0.5) is 18.9 Å². The number of pyridine rings is 1. The Bertz CT molecular complexity index is 706. The summed E-state index contributed by atoms with van der Waals surface area (Å²) in [6.07, 6.45) is -3.40. The zero-order chi connectivity index (χ0) is 20.6. The van der Waals surface area contributed by atoms with E-state index in [1.807, 2.05) is 0 Å². The first-order valence-electron chi connectivity index (χ1n) is 8.43. The zero-order valence-electron chi connectivity index (χ0n) is 15.3. The third kappa shape index (κ3) is 4.15. The SMILES string of the molecule is C[C@@H]1CN(C(=O)C(C)(O)C(F)(F)F)CC[C@@H]1N(C)C(=O)c1ccc(N)cn1. The maximum Gasteiger partial charge on any atom is 0.426 e. The lowest BCUT2D eigenvalue weighted by molar-refractivity contribution is -0.251. The van der Waals surface area contributed by atoms with E-state index in [1.165, 1.54) is 17.2 Å². The van der Waals surface area contributed by atoms with Gasteiger partial charge in [-0.05, 0) is 31.4 Å². The van der Waals surface area contributed by atoms with Crippen molar-refractivity contribution in [2.45, 2.75) is 38.1 Å². The van der Waals surface area contributed by atoms with E-state index in [4.69, 9.17) is 5.73 Å². The van der Waals surface area contributed by atoms with E-state index in [2.05, 4.69) is 4.98 Å². The first kappa shape index (κ1) is 20.9.